The Balaban J connectivity index is 2.17. The van der Waals surface area contributed by atoms with Crippen LogP contribution in [0.5, 0.6) is 0 Å². The molecule has 0 spiro atoms. The first kappa shape index (κ1) is 16.1. The molecule has 1 aromatic carbocycles. The molecule has 1 heterocycles. The molecule has 1 aliphatic heterocycles. The zero-order valence-corrected chi connectivity index (χ0v) is 13.3. The number of nitrogens with two attached hydrogens (primary N) is 1. The molecule has 22 heavy (non-hydrogen) atoms. The van der Waals surface area contributed by atoms with Crippen LogP contribution in [0.4, 0.5) is 11.4 Å². The van der Waals surface area contributed by atoms with Crippen LogP contribution in [0, 0.1) is 0 Å². The summed E-state index contributed by atoms with van der Waals surface area (Å²) < 4.78 is 0. The van der Waals surface area contributed by atoms with Crippen molar-refractivity contribution in [3.05, 3.63) is 24.3 Å². The van der Waals surface area contributed by atoms with E-state index in [1.54, 1.807) is 23.6 Å². The average Bonchev–Trinajstić information content (AvgIpc) is 2.58. The molecule has 0 radical (unpaired) electrons. The second kappa shape index (κ2) is 7.15. The Labute approximate surface area is 131 Å². The fraction of sp³-hybridized carbons (Fsp3) is 0.500. The maximum Gasteiger partial charge on any atom is 0.219 e. The summed E-state index contributed by atoms with van der Waals surface area (Å²) in [5.41, 5.74) is 7.52. The van der Waals surface area contributed by atoms with Crippen molar-refractivity contribution in [2.45, 2.75) is 13.8 Å². The highest BCUT2D eigenvalue weighted by atomic mass is 16.2. The Morgan fingerprint density at radius 1 is 0.818 bits per heavy atom. The second-order valence-electron chi connectivity index (χ2n) is 5.59. The van der Waals surface area contributed by atoms with Gasteiger partial charge in [-0.05, 0) is 24.3 Å². The van der Waals surface area contributed by atoms with Crippen LogP contribution in [0.15, 0.2) is 24.3 Å². The quantitative estimate of drug-likeness (QED) is 0.779. The highest BCUT2D eigenvalue weighted by Gasteiger charge is 2.19. The summed E-state index contributed by atoms with van der Waals surface area (Å²) in [7, 11) is 0. The molecule has 0 atom stereocenters. The molecule has 0 aromatic heterocycles. The van der Waals surface area contributed by atoms with Gasteiger partial charge in [-0.1, -0.05) is 0 Å². The van der Waals surface area contributed by atoms with Crippen LogP contribution in [0.1, 0.15) is 13.8 Å². The van der Waals surface area contributed by atoms with Gasteiger partial charge in [0.05, 0.1) is 0 Å². The first-order valence-corrected chi connectivity index (χ1v) is 7.59. The van der Waals surface area contributed by atoms with Crippen LogP contribution in [-0.2, 0) is 9.59 Å². The Kier molecular flexibility index (Phi) is 5.25. The second-order valence-corrected chi connectivity index (χ2v) is 5.59. The lowest BCUT2D eigenvalue weighted by atomic mass is 10.2. The molecule has 0 aliphatic carbocycles. The van der Waals surface area contributed by atoms with E-state index in [0.717, 1.165) is 24.5 Å². The van der Waals surface area contributed by atoms with Gasteiger partial charge in [0.1, 0.15) is 0 Å². The van der Waals surface area contributed by atoms with Crippen LogP contribution in [-0.4, -0.2) is 60.9 Å². The number of hydrogen-bond donors (Lipinski definition) is 1. The Morgan fingerprint density at radius 2 is 1.23 bits per heavy atom. The van der Waals surface area contributed by atoms with E-state index >= 15 is 0 Å². The number of hydrogen-bond acceptors (Lipinski definition) is 4. The number of benzene rings is 1. The van der Waals surface area contributed by atoms with Crippen molar-refractivity contribution in [1.29, 1.82) is 0 Å². The molecule has 0 bridgehead atoms. The number of carbonyl (C=O) groups excluding carboxylic acids is 2. The lowest BCUT2D eigenvalue weighted by molar-refractivity contribution is -0.132. The van der Waals surface area contributed by atoms with E-state index in [4.69, 9.17) is 5.73 Å². The smallest absolute Gasteiger partial charge is 0.219 e. The number of anilines is 2. The number of amides is 2. The van der Waals surface area contributed by atoms with Gasteiger partial charge in [-0.3, -0.25) is 9.59 Å². The molecule has 2 N–H and O–H groups in total. The van der Waals surface area contributed by atoms with Gasteiger partial charge in [-0.2, -0.15) is 0 Å². The fourth-order valence-electron chi connectivity index (χ4n) is 2.63. The van der Waals surface area contributed by atoms with Crippen molar-refractivity contribution in [1.82, 2.24) is 9.80 Å². The lowest BCUT2D eigenvalue weighted by Gasteiger charge is -2.27. The molecule has 1 aliphatic rings. The van der Waals surface area contributed by atoms with Gasteiger partial charge in [0.2, 0.25) is 11.8 Å². The zero-order chi connectivity index (χ0) is 16.1. The van der Waals surface area contributed by atoms with E-state index in [1.165, 1.54) is 0 Å². The van der Waals surface area contributed by atoms with Gasteiger partial charge in [0.25, 0.3) is 0 Å². The molecule has 2 rings (SSSR count). The van der Waals surface area contributed by atoms with E-state index in [9.17, 15) is 9.59 Å². The zero-order valence-electron chi connectivity index (χ0n) is 13.3. The van der Waals surface area contributed by atoms with Gasteiger partial charge in [-0.15, -0.1) is 0 Å². The van der Waals surface area contributed by atoms with E-state index in [2.05, 4.69) is 4.90 Å². The molecule has 0 unspecified atom stereocenters. The summed E-state index contributed by atoms with van der Waals surface area (Å²) in [6.45, 7) is 7.13. The molecule has 6 heteroatoms. The summed E-state index contributed by atoms with van der Waals surface area (Å²) in [6.07, 6.45) is 0. The van der Waals surface area contributed by atoms with E-state index in [-0.39, 0.29) is 11.8 Å². The molecule has 0 saturated carbocycles. The Hall–Kier alpha value is -2.24. The normalized spacial score (nSPS) is 16.7. The molecule has 120 valence electrons. The van der Waals surface area contributed by atoms with Gasteiger partial charge >= 0.3 is 0 Å². The molecule has 1 fully saturated rings. The SMILES string of the molecule is CC(=O)N1CCN(C(C)=O)CCN(c2ccc(N)cc2)CC1. The minimum atomic E-state index is 0.0441. The van der Waals surface area contributed by atoms with Crippen molar-refractivity contribution >= 4 is 23.2 Å². The molecule has 2 amide bonds. The van der Waals surface area contributed by atoms with Crippen LogP contribution in [0.25, 0.3) is 0 Å². The summed E-state index contributed by atoms with van der Waals surface area (Å²) in [4.78, 5) is 29.2. The predicted octanol–water partition coefficient (Wildman–Crippen LogP) is 0.786. The summed E-state index contributed by atoms with van der Waals surface area (Å²) in [5.74, 6) is 0.0883. The van der Waals surface area contributed by atoms with Crippen LogP contribution >= 0.6 is 0 Å². The predicted molar refractivity (Wildman–Crippen MR) is 87.6 cm³/mol. The Morgan fingerprint density at radius 3 is 1.64 bits per heavy atom. The Bertz CT molecular complexity index is 503. The molecule has 1 saturated heterocycles. The topological polar surface area (TPSA) is 69.9 Å². The maximum atomic E-state index is 11.7. The highest BCUT2D eigenvalue weighted by molar-refractivity contribution is 5.74. The first-order chi connectivity index (χ1) is 10.5. The van der Waals surface area contributed by atoms with Crippen molar-refractivity contribution in [3.8, 4) is 0 Å². The van der Waals surface area contributed by atoms with Crippen LogP contribution in [0.2, 0.25) is 0 Å². The maximum absolute atomic E-state index is 11.7. The summed E-state index contributed by atoms with van der Waals surface area (Å²) >= 11 is 0. The number of nitrogens with zero attached hydrogens (tertiary/aromatic N) is 3. The van der Waals surface area contributed by atoms with Crippen molar-refractivity contribution in [3.63, 3.8) is 0 Å². The third kappa shape index (κ3) is 4.13. The molecular formula is C16H24N4O2. The van der Waals surface area contributed by atoms with Gasteiger partial charge in [-0.25, -0.2) is 0 Å². The minimum Gasteiger partial charge on any atom is -0.399 e. The van der Waals surface area contributed by atoms with Crippen molar-refractivity contribution in [2.75, 3.05) is 49.9 Å². The minimum absolute atomic E-state index is 0.0441. The van der Waals surface area contributed by atoms with E-state index < -0.39 is 0 Å². The average molecular weight is 304 g/mol. The van der Waals surface area contributed by atoms with Crippen LogP contribution < -0.4 is 10.6 Å². The fourth-order valence-corrected chi connectivity index (χ4v) is 2.63. The standard InChI is InChI=1S/C16H24N4O2/c1-13(21)18-7-8-19(14(2)22)10-12-20(11-9-18)16-5-3-15(17)4-6-16/h3-6H,7-12,17H2,1-2H3. The third-order valence-corrected chi connectivity index (χ3v) is 4.07. The third-order valence-electron chi connectivity index (χ3n) is 4.07. The number of carbonyl (C=O) groups is 2. The monoisotopic (exact) mass is 304 g/mol. The van der Waals surface area contributed by atoms with E-state index in [1.807, 2.05) is 24.3 Å². The number of rotatable bonds is 1. The van der Waals surface area contributed by atoms with Gasteiger partial charge < -0.3 is 20.4 Å². The largest absolute Gasteiger partial charge is 0.399 e. The van der Waals surface area contributed by atoms with Crippen molar-refractivity contribution < 1.29 is 9.59 Å². The van der Waals surface area contributed by atoms with Crippen molar-refractivity contribution in [2.24, 2.45) is 0 Å². The lowest BCUT2D eigenvalue weighted by Crippen LogP contribution is -2.40. The number of nitrogen functional groups attached to an aromatic ring is 1. The summed E-state index contributed by atoms with van der Waals surface area (Å²) in [5, 5.41) is 0. The molecular weight excluding hydrogens is 280 g/mol. The summed E-state index contributed by atoms with van der Waals surface area (Å²) in [6, 6.07) is 7.69. The van der Waals surface area contributed by atoms with E-state index in [0.29, 0.717) is 26.2 Å². The molecule has 6 nitrogen and oxygen atoms in total. The highest BCUT2D eigenvalue weighted by Crippen LogP contribution is 2.17. The first-order valence-electron chi connectivity index (χ1n) is 7.59. The van der Waals surface area contributed by atoms with Crippen LogP contribution in [0.3, 0.4) is 0 Å². The molecule has 1 aromatic rings. The van der Waals surface area contributed by atoms with Gasteiger partial charge in [0, 0.05) is 64.5 Å². The van der Waals surface area contributed by atoms with Gasteiger partial charge in [0.15, 0.2) is 0 Å².